The molecule has 1 N–H and O–H groups in total. The molecule has 0 atom stereocenters. The fourth-order valence-electron chi connectivity index (χ4n) is 0.753. The first-order chi connectivity index (χ1) is 7.01. The molecule has 1 rings (SSSR count). The van der Waals surface area contributed by atoms with Crippen molar-refractivity contribution in [2.75, 3.05) is 5.75 Å². The summed E-state index contributed by atoms with van der Waals surface area (Å²) >= 11 is 9.08. The predicted molar refractivity (Wildman–Crippen MR) is 62.4 cm³/mol. The molecule has 1 aromatic rings. The van der Waals surface area contributed by atoms with Crippen LogP contribution in [-0.2, 0) is 4.79 Å². The van der Waals surface area contributed by atoms with Crippen LogP contribution in [0.1, 0.15) is 11.1 Å². The molecule has 0 amide bonds. The number of hydrogen-bond donors (Lipinski definition) is 2. The Bertz CT molecular complexity index is 387. The smallest absolute Gasteiger partial charge is 0.313 e. The minimum absolute atomic E-state index is 0.0833. The molecule has 3 nitrogen and oxygen atoms in total. The Morgan fingerprint density at radius 2 is 2.20 bits per heavy atom. The normalized spacial score (nSPS) is 8.40. The molecule has 15 heavy (non-hydrogen) atoms. The average molecular weight is 244 g/mol. The van der Waals surface area contributed by atoms with Gasteiger partial charge >= 0.3 is 5.97 Å². The number of nitriles is 1. The summed E-state index contributed by atoms with van der Waals surface area (Å²) in [5.41, 5.74) is 1.61. The largest absolute Gasteiger partial charge is 0.481 e. The van der Waals surface area contributed by atoms with Gasteiger partial charge in [-0.05, 0) is 30.7 Å². The van der Waals surface area contributed by atoms with Gasteiger partial charge in [0, 0.05) is 5.02 Å². The highest BCUT2D eigenvalue weighted by Gasteiger charge is 1.95. The molecule has 0 bridgehead atoms. The van der Waals surface area contributed by atoms with Gasteiger partial charge in [-0.1, -0.05) is 11.6 Å². The fourth-order valence-corrected chi connectivity index (χ4v) is 0.979. The standard InChI is InChI=1S/C8H6ClN.C2H4O2S/c1-6-4-8(9)3-2-7(6)5-10;3-2(4)1-5/h2-4H,1H3;5H,1H2,(H,3,4). The fraction of sp³-hybridized carbons (Fsp3) is 0.200. The van der Waals surface area contributed by atoms with Gasteiger partial charge in [0.15, 0.2) is 0 Å². The van der Waals surface area contributed by atoms with E-state index in [0.717, 1.165) is 5.56 Å². The van der Waals surface area contributed by atoms with Crippen molar-refractivity contribution in [3.8, 4) is 6.07 Å². The molecule has 80 valence electrons. The Balaban J connectivity index is 0.000000336. The maximum Gasteiger partial charge on any atom is 0.313 e. The van der Waals surface area contributed by atoms with E-state index in [9.17, 15) is 4.79 Å². The van der Waals surface area contributed by atoms with Crippen LogP contribution in [0, 0.1) is 18.3 Å². The number of carboxylic acids is 1. The van der Waals surface area contributed by atoms with Crippen LogP contribution in [0.2, 0.25) is 5.02 Å². The topological polar surface area (TPSA) is 61.1 Å². The molecule has 1 aromatic carbocycles. The van der Waals surface area contributed by atoms with Crippen molar-refractivity contribution in [2.45, 2.75) is 6.92 Å². The zero-order valence-corrected chi connectivity index (χ0v) is 9.72. The molecule has 0 unspecified atom stereocenters. The second-order valence-corrected chi connectivity index (χ2v) is 3.38. The van der Waals surface area contributed by atoms with E-state index in [1.54, 1.807) is 18.2 Å². The van der Waals surface area contributed by atoms with Gasteiger partial charge < -0.3 is 5.11 Å². The Kier molecular flexibility index (Phi) is 6.59. The van der Waals surface area contributed by atoms with Crippen molar-refractivity contribution in [3.63, 3.8) is 0 Å². The van der Waals surface area contributed by atoms with Crippen LogP contribution >= 0.6 is 24.2 Å². The van der Waals surface area contributed by atoms with Crippen LogP contribution in [-0.4, -0.2) is 16.8 Å². The van der Waals surface area contributed by atoms with Crippen molar-refractivity contribution in [1.29, 1.82) is 5.26 Å². The van der Waals surface area contributed by atoms with Crippen LogP contribution in [0.25, 0.3) is 0 Å². The third-order valence-corrected chi connectivity index (χ3v) is 1.95. The number of thiol groups is 1. The lowest BCUT2D eigenvalue weighted by molar-refractivity contribution is -0.133. The van der Waals surface area contributed by atoms with Crippen molar-refractivity contribution in [3.05, 3.63) is 34.3 Å². The molecule has 0 saturated carbocycles. The van der Waals surface area contributed by atoms with Crippen LogP contribution in [0.3, 0.4) is 0 Å². The minimum Gasteiger partial charge on any atom is -0.481 e. The molecule has 0 aromatic heterocycles. The first-order valence-electron chi connectivity index (χ1n) is 4.00. The molecular formula is C10H10ClNO2S. The summed E-state index contributed by atoms with van der Waals surface area (Å²) in [6.07, 6.45) is 0. The van der Waals surface area contributed by atoms with Crippen molar-refractivity contribution < 1.29 is 9.90 Å². The van der Waals surface area contributed by atoms with E-state index in [4.69, 9.17) is 22.0 Å². The molecular weight excluding hydrogens is 234 g/mol. The lowest BCUT2D eigenvalue weighted by Crippen LogP contribution is -1.92. The van der Waals surface area contributed by atoms with E-state index in [2.05, 4.69) is 18.7 Å². The highest BCUT2D eigenvalue weighted by atomic mass is 35.5. The Morgan fingerprint density at radius 1 is 1.67 bits per heavy atom. The number of halogens is 1. The number of aryl methyl sites for hydroxylation is 1. The Morgan fingerprint density at radius 3 is 2.53 bits per heavy atom. The van der Waals surface area contributed by atoms with E-state index < -0.39 is 5.97 Å². The van der Waals surface area contributed by atoms with Gasteiger partial charge in [0.05, 0.1) is 17.4 Å². The van der Waals surface area contributed by atoms with Crippen LogP contribution in [0.4, 0.5) is 0 Å². The molecule has 0 aliphatic carbocycles. The zero-order chi connectivity index (χ0) is 11.8. The molecule has 0 fully saturated rings. The number of nitrogens with zero attached hydrogens (tertiary/aromatic N) is 1. The number of benzene rings is 1. The first kappa shape index (κ1) is 13.8. The summed E-state index contributed by atoms with van der Waals surface area (Å²) in [5, 5.41) is 16.8. The quantitative estimate of drug-likeness (QED) is 0.745. The molecule has 0 aliphatic rings. The highest BCUT2D eigenvalue weighted by Crippen LogP contribution is 2.13. The van der Waals surface area contributed by atoms with Crippen LogP contribution < -0.4 is 0 Å². The van der Waals surface area contributed by atoms with Crippen molar-refractivity contribution in [1.82, 2.24) is 0 Å². The maximum absolute atomic E-state index is 9.29. The number of carboxylic acid groups (broad SMARTS) is 1. The Labute approximate surface area is 98.7 Å². The summed E-state index contributed by atoms with van der Waals surface area (Å²) in [7, 11) is 0. The molecule has 0 heterocycles. The summed E-state index contributed by atoms with van der Waals surface area (Å²) in [5.74, 6) is -0.965. The summed E-state index contributed by atoms with van der Waals surface area (Å²) in [6, 6.07) is 7.28. The Hall–Kier alpha value is -1.18. The molecule has 0 spiro atoms. The van der Waals surface area contributed by atoms with Gasteiger partial charge in [0.2, 0.25) is 0 Å². The average Bonchev–Trinajstić information content (AvgIpc) is 2.19. The van der Waals surface area contributed by atoms with E-state index >= 15 is 0 Å². The van der Waals surface area contributed by atoms with Gasteiger partial charge in [0.25, 0.3) is 0 Å². The summed E-state index contributed by atoms with van der Waals surface area (Å²) in [4.78, 5) is 9.29. The molecule has 5 heteroatoms. The summed E-state index contributed by atoms with van der Waals surface area (Å²) in [6.45, 7) is 1.87. The molecule has 0 radical (unpaired) electrons. The van der Waals surface area contributed by atoms with Gasteiger partial charge in [-0.3, -0.25) is 4.79 Å². The van der Waals surface area contributed by atoms with E-state index in [1.165, 1.54) is 0 Å². The lowest BCUT2D eigenvalue weighted by atomic mass is 10.1. The molecule has 0 aliphatic heterocycles. The van der Waals surface area contributed by atoms with E-state index in [1.807, 2.05) is 6.92 Å². The third kappa shape index (κ3) is 6.00. The van der Waals surface area contributed by atoms with Crippen molar-refractivity contribution in [2.24, 2.45) is 0 Å². The number of carbonyl (C=O) groups is 1. The lowest BCUT2D eigenvalue weighted by Gasteiger charge is -1.94. The maximum atomic E-state index is 9.29. The van der Waals surface area contributed by atoms with Gasteiger partial charge in [-0.25, -0.2) is 0 Å². The minimum atomic E-state index is -0.881. The van der Waals surface area contributed by atoms with Gasteiger partial charge in [-0.2, -0.15) is 17.9 Å². The van der Waals surface area contributed by atoms with E-state index in [0.29, 0.717) is 10.6 Å². The second kappa shape index (κ2) is 7.16. The SMILES string of the molecule is Cc1cc(Cl)ccc1C#N.O=C(O)CS. The third-order valence-electron chi connectivity index (χ3n) is 1.44. The van der Waals surface area contributed by atoms with Crippen molar-refractivity contribution >= 4 is 30.2 Å². The number of hydrogen-bond acceptors (Lipinski definition) is 3. The number of aliphatic carboxylic acids is 1. The highest BCUT2D eigenvalue weighted by molar-refractivity contribution is 7.81. The second-order valence-electron chi connectivity index (χ2n) is 2.62. The van der Waals surface area contributed by atoms with Gasteiger partial charge in [-0.15, -0.1) is 0 Å². The molecule has 0 saturated heterocycles. The first-order valence-corrected chi connectivity index (χ1v) is 5.01. The number of rotatable bonds is 1. The van der Waals surface area contributed by atoms with Crippen LogP contribution in [0.15, 0.2) is 18.2 Å². The van der Waals surface area contributed by atoms with E-state index in [-0.39, 0.29) is 5.75 Å². The predicted octanol–water partition coefficient (Wildman–Crippen LogP) is 2.52. The van der Waals surface area contributed by atoms with Crippen LogP contribution in [0.5, 0.6) is 0 Å². The monoisotopic (exact) mass is 243 g/mol. The zero-order valence-electron chi connectivity index (χ0n) is 8.07. The summed E-state index contributed by atoms with van der Waals surface area (Å²) < 4.78 is 0. The van der Waals surface area contributed by atoms with Gasteiger partial charge in [0.1, 0.15) is 0 Å².